The van der Waals surface area contributed by atoms with Crippen molar-refractivity contribution in [3.05, 3.63) is 58.7 Å². The molecule has 2 heterocycles. The summed E-state index contributed by atoms with van der Waals surface area (Å²) in [5.74, 6) is -0.000833. The number of rotatable bonds is 18. The maximum atomic E-state index is 10.9. The fourth-order valence-electron chi connectivity index (χ4n) is 6.08. The van der Waals surface area contributed by atoms with Crippen LogP contribution in [0.2, 0.25) is 0 Å². The summed E-state index contributed by atoms with van der Waals surface area (Å²) in [6, 6.07) is 12.1. The lowest BCUT2D eigenvalue weighted by atomic mass is 9.80. The summed E-state index contributed by atoms with van der Waals surface area (Å²) in [5, 5.41) is 21.8. The molecule has 2 aromatic carbocycles. The van der Waals surface area contributed by atoms with Crippen LogP contribution in [0, 0.1) is 6.92 Å². The fraction of sp³-hybridized carbons (Fsp3) is 0.667. The second kappa shape index (κ2) is 17.1. The summed E-state index contributed by atoms with van der Waals surface area (Å²) in [5.41, 5.74) is 2.46. The van der Waals surface area contributed by atoms with Crippen LogP contribution in [0.4, 0.5) is 0 Å². The maximum Gasteiger partial charge on any atom is 0.225 e. The molecular weight excluding hydrogens is 576 g/mol. The van der Waals surface area contributed by atoms with Crippen molar-refractivity contribution in [2.45, 2.75) is 102 Å². The van der Waals surface area contributed by atoms with Crippen LogP contribution in [0.5, 0.6) is 11.5 Å². The third-order valence-electron chi connectivity index (χ3n) is 8.83. The highest BCUT2D eigenvalue weighted by Gasteiger charge is 2.64. The highest BCUT2D eigenvalue weighted by atomic mass is 16.7. The van der Waals surface area contributed by atoms with E-state index in [0.29, 0.717) is 45.0 Å². The molecule has 0 amide bonds. The first-order chi connectivity index (χ1) is 21.9. The van der Waals surface area contributed by atoms with Crippen LogP contribution in [0.25, 0.3) is 0 Å². The van der Waals surface area contributed by atoms with Gasteiger partial charge in [-0.15, -0.1) is 0 Å². The Kier molecular flexibility index (Phi) is 13.5. The van der Waals surface area contributed by atoms with Crippen molar-refractivity contribution < 1.29 is 43.4 Å². The van der Waals surface area contributed by atoms with Crippen molar-refractivity contribution in [2.24, 2.45) is 0 Å². The van der Waals surface area contributed by atoms with Crippen molar-refractivity contribution in [1.82, 2.24) is 0 Å². The second-order valence-electron chi connectivity index (χ2n) is 12.1. The van der Waals surface area contributed by atoms with E-state index in [1.165, 1.54) is 0 Å². The van der Waals surface area contributed by atoms with Crippen LogP contribution >= 0.6 is 0 Å². The van der Waals surface area contributed by atoms with Crippen LogP contribution in [0.15, 0.2) is 36.4 Å². The average Bonchev–Trinajstić information content (AvgIpc) is 3.07. The van der Waals surface area contributed by atoms with E-state index in [9.17, 15) is 10.2 Å². The molecular formula is C36H54O9. The molecule has 0 aliphatic carbocycles. The third kappa shape index (κ3) is 8.01. The number of benzene rings is 2. The van der Waals surface area contributed by atoms with E-state index in [4.69, 9.17) is 33.2 Å². The number of aliphatic hydroxyl groups is 2. The van der Waals surface area contributed by atoms with Crippen LogP contribution in [-0.2, 0) is 35.9 Å². The molecule has 1 unspecified atom stereocenters. The van der Waals surface area contributed by atoms with Gasteiger partial charge in [0.1, 0.15) is 37.1 Å². The van der Waals surface area contributed by atoms with Gasteiger partial charge in [0.2, 0.25) is 5.79 Å². The van der Waals surface area contributed by atoms with Gasteiger partial charge in [-0.05, 0) is 67.5 Å². The van der Waals surface area contributed by atoms with Crippen LogP contribution in [0.1, 0.15) is 81.5 Å². The average molecular weight is 631 g/mol. The maximum absolute atomic E-state index is 10.9. The van der Waals surface area contributed by atoms with Gasteiger partial charge < -0.3 is 43.4 Å². The second-order valence-corrected chi connectivity index (χ2v) is 12.1. The van der Waals surface area contributed by atoms with Gasteiger partial charge in [-0.25, -0.2) is 0 Å². The zero-order valence-electron chi connectivity index (χ0n) is 27.8. The Morgan fingerprint density at radius 3 is 2.02 bits per heavy atom. The van der Waals surface area contributed by atoms with Crippen molar-refractivity contribution in [1.29, 1.82) is 0 Å². The van der Waals surface area contributed by atoms with E-state index in [1.54, 1.807) is 7.11 Å². The molecule has 9 heteroatoms. The Labute approximate surface area is 269 Å². The minimum atomic E-state index is -1.51. The molecule has 2 N–H and O–H groups in total. The number of methoxy groups -OCH3 is 1. The van der Waals surface area contributed by atoms with Crippen molar-refractivity contribution in [3.8, 4) is 11.5 Å². The summed E-state index contributed by atoms with van der Waals surface area (Å²) < 4.78 is 44.4. The molecule has 4 atom stereocenters. The molecule has 0 aromatic heterocycles. The Bertz CT molecular complexity index is 1180. The Morgan fingerprint density at radius 1 is 0.778 bits per heavy atom. The number of fused-ring (bicyclic) bond motifs is 1. The summed E-state index contributed by atoms with van der Waals surface area (Å²) in [6.45, 7) is 9.86. The highest BCUT2D eigenvalue weighted by molar-refractivity contribution is 5.46. The zero-order valence-corrected chi connectivity index (χ0v) is 27.8. The van der Waals surface area contributed by atoms with Crippen molar-refractivity contribution in [3.63, 3.8) is 0 Å². The van der Waals surface area contributed by atoms with Crippen LogP contribution < -0.4 is 9.47 Å². The lowest BCUT2D eigenvalue weighted by Crippen LogP contribution is -2.73. The lowest BCUT2D eigenvalue weighted by molar-refractivity contribution is -0.414. The van der Waals surface area contributed by atoms with Gasteiger partial charge in [0.05, 0.1) is 13.2 Å². The molecule has 2 aliphatic heterocycles. The molecule has 2 aliphatic rings. The quantitative estimate of drug-likeness (QED) is 0.208. The van der Waals surface area contributed by atoms with E-state index in [2.05, 4.69) is 39.8 Å². The minimum Gasteiger partial charge on any atom is -0.486 e. The number of ether oxygens (including phenoxy) is 7. The molecule has 0 saturated carbocycles. The van der Waals surface area contributed by atoms with E-state index in [-0.39, 0.29) is 0 Å². The van der Waals surface area contributed by atoms with Gasteiger partial charge in [0.25, 0.3) is 0 Å². The van der Waals surface area contributed by atoms with Gasteiger partial charge in [0.15, 0.2) is 11.5 Å². The van der Waals surface area contributed by atoms with Gasteiger partial charge in [0, 0.05) is 32.5 Å². The number of hydrogen-bond donors (Lipinski definition) is 2. The van der Waals surface area contributed by atoms with Crippen LogP contribution in [0.3, 0.4) is 0 Å². The van der Waals surface area contributed by atoms with E-state index in [1.807, 2.05) is 24.3 Å². The van der Waals surface area contributed by atoms with Crippen molar-refractivity contribution in [2.75, 3.05) is 53.4 Å². The normalized spacial score (nSPS) is 24.1. The first-order valence-corrected chi connectivity index (χ1v) is 16.7. The number of hydrogen-bond acceptors (Lipinski definition) is 9. The monoisotopic (exact) mass is 630 g/mol. The number of unbranched alkanes of at least 4 members (excludes halogenated alkanes) is 3. The largest absolute Gasteiger partial charge is 0.486 e. The summed E-state index contributed by atoms with van der Waals surface area (Å²) in [6.07, 6.45) is 3.78. The van der Waals surface area contributed by atoms with E-state index < -0.39 is 42.9 Å². The topological polar surface area (TPSA) is 105 Å². The smallest absolute Gasteiger partial charge is 0.225 e. The van der Waals surface area contributed by atoms with E-state index >= 15 is 0 Å². The molecule has 252 valence electrons. The molecule has 1 saturated heterocycles. The third-order valence-corrected chi connectivity index (χ3v) is 8.83. The zero-order chi connectivity index (χ0) is 32.3. The predicted octanol–water partition coefficient (Wildman–Crippen LogP) is 5.47. The van der Waals surface area contributed by atoms with Gasteiger partial charge in [-0.1, -0.05) is 58.2 Å². The molecule has 1 fully saturated rings. The molecule has 0 radical (unpaired) electrons. The van der Waals surface area contributed by atoms with Gasteiger partial charge in [-0.2, -0.15) is 0 Å². The molecule has 0 spiro atoms. The number of aliphatic hydroxyl groups excluding tert-OH is 2. The molecule has 45 heavy (non-hydrogen) atoms. The Hall–Kier alpha value is -2.24. The summed E-state index contributed by atoms with van der Waals surface area (Å²) >= 11 is 0. The Balaban J connectivity index is 1.80. The molecule has 4 rings (SSSR count). The van der Waals surface area contributed by atoms with Crippen molar-refractivity contribution >= 4 is 0 Å². The first kappa shape index (κ1) is 35.6. The highest BCUT2D eigenvalue weighted by Crippen LogP contribution is 2.47. The molecule has 2 aromatic rings. The van der Waals surface area contributed by atoms with Gasteiger partial charge >= 0.3 is 0 Å². The van der Waals surface area contributed by atoms with Crippen LogP contribution in [-0.4, -0.2) is 87.5 Å². The summed E-state index contributed by atoms with van der Waals surface area (Å²) in [7, 11) is 1.58. The number of aryl methyl sites for hydroxylation is 1. The SMILES string of the molecule is CCCCO[C@@H]1[C@@H](OCCCC)C(OC)(c2ccc(C)c(Cc3ccc4c(c3)OCCO4)c2)OC(CO)(CO)[C@H]1OCCCC. The lowest BCUT2D eigenvalue weighted by Gasteiger charge is -2.56. The fourth-order valence-corrected chi connectivity index (χ4v) is 6.08. The minimum absolute atomic E-state index is 0.436. The Morgan fingerprint density at radius 2 is 1.40 bits per heavy atom. The first-order valence-electron chi connectivity index (χ1n) is 16.7. The molecule has 0 bridgehead atoms. The standard InChI is InChI=1S/C36H54O9/c1-6-9-16-42-32-33(43-17-10-7-2)35(24-37,25-38)45-36(39-5,34(32)44-18-11-8-3)29-14-12-26(4)28(23-29)21-27-13-15-30-31(22-27)41-20-19-40-30/h12-15,22-23,32-34,37-38H,6-11,16-21,24-25H2,1-5H3/t32-,33-,34+,36?/m0/s1. The predicted molar refractivity (Wildman–Crippen MR) is 172 cm³/mol. The summed E-state index contributed by atoms with van der Waals surface area (Å²) in [4.78, 5) is 0. The molecule has 9 nitrogen and oxygen atoms in total. The van der Waals surface area contributed by atoms with E-state index in [0.717, 1.165) is 66.7 Å². The van der Waals surface area contributed by atoms with Gasteiger partial charge in [-0.3, -0.25) is 0 Å².